The van der Waals surface area contributed by atoms with Gasteiger partial charge in [-0.2, -0.15) is 0 Å². The van der Waals surface area contributed by atoms with E-state index < -0.39 is 0 Å². The number of furan rings is 1. The summed E-state index contributed by atoms with van der Waals surface area (Å²) in [5.41, 5.74) is 0.441. The molecule has 1 aliphatic rings. The van der Waals surface area contributed by atoms with Gasteiger partial charge in [-0.25, -0.2) is 0 Å². The van der Waals surface area contributed by atoms with Crippen LogP contribution in [0.3, 0.4) is 0 Å². The summed E-state index contributed by atoms with van der Waals surface area (Å²) in [6.45, 7) is 3.80. The third-order valence-electron chi connectivity index (χ3n) is 2.67. The number of hydrogen-bond acceptors (Lipinski definition) is 4. The van der Waals surface area contributed by atoms with Crippen LogP contribution in [0.4, 0.5) is 0 Å². The summed E-state index contributed by atoms with van der Waals surface area (Å²) < 4.78 is 10.4. The molecule has 0 radical (unpaired) electrons. The van der Waals surface area contributed by atoms with Crippen LogP contribution in [0.1, 0.15) is 19.1 Å². The lowest BCUT2D eigenvalue weighted by molar-refractivity contribution is -0.122. The molecule has 0 spiro atoms. The first-order valence-corrected chi connectivity index (χ1v) is 6.59. The molecule has 2 heterocycles. The normalized spacial score (nSPS) is 17.3. The third kappa shape index (κ3) is 3.42. The van der Waals surface area contributed by atoms with Crippen molar-refractivity contribution in [3.63, 3.8) is 0 Å². The largest absolute Gasteiger partial charge is 0.465 e. The van der Waals surface area contributed by atoms with E-state index in [4.69, 9.17) is 21.4 Å². The molecule has 1 N–H and O–H groups in total. The van der Waals surface area contributed by atoms with Crippen LogP contribution in [0, 0.1) is 0 Å². The second-order valence-corrected chi connectivity index (χ2v) is 4.40. The summed E-state index contributed by atoms with van der Waals surface area (Å²) in [6, 6.07) is 3.55. The molecule has 0 unspecified atom stereocenters. The first-order valence-electron chi connectivity index (χ1n) is 6.18. The number of thiocarbonyl (C=S) groups is 1. The van der Waals surface area contributed by atoms with E-state index in [1.54, 1.807) is 29.4 Å². The summed E-state index contributed by atoms with van der Waals surface area (Å²) in [6.07, 6.45) is 3.97. The van der Waals surface area contributed by atoms with Crippen molar-refractivity contribution in [3.05, 3.63) is 29.9 Å². The van der Waals surface area contributed by atoms with Gasteiger partial charge in [-0.05, 0) is 37.7 Å². The average molecular weight is 280 g/mol. The highest BCUT2D eigenvalue weighted by atomic mass is 32.1. The lowest BCUT2D eigenvalue weighted by atomic mass is 10.3. The van der Waals surface area contributed by atoms with Crippen LogP contribution in [0.5, 0.6) is 0 Å². The average Bonchev–Trinajstić information content (AvgIpc) is 2.98. The number of ether oxygens (including phenoxy) is 1. The van der Waals surface area contributed by atoms with Gasteiger partial charge >= 0.3 is 0 Å². The van der Waals surface area contributed by atoms with Gasteiger partial charge in [0.25, 0.3) is 5.91 Å². The minimum atomic E-state index is -0.127. The Morgan fingerprint density at radius 2 is 2.42 bits per heavy atom. The number of hydrogen-bond donors (Lipinski definition) is 1. The second-order valence-electron chi connectivity index (χ2n) is 4.01. The van der Waals surface area contributed by atoms with E-state index in [0.717, 1.165) is 6.42 Å². The molecule has 102 valence electrons. The van der Waals surface area contributed by atoms with Crippen LogP contribution < -0.4 is 5.32 Å². The third-order valence-corrected chi connectivity index (χ3v) is 2.99. The number of nitrogens with zero attached hydrogens (tertiary/aromatic N) is 1. The molecule has 0 aliphatic carbocycles. The highest BCUT2D eigenvalue weighted by molar-refractivity contribution is 7.80. The highest BCUT2D eigenvalue weighted by Gasteiger charge is 2.30. The number of amides is 1. The van der Waals surface area contributed by atoms with E-state index in [0.29, 0.717) is 36.3 Å². The van der Waals surface area contributed by atoms with Crippen LogP contribution in [-0.2, 0) is 9.53 Å². The molecule has 6 heteroatoms. The number of carbonyl (C=O) groups is 1. The number of nitrogens with one attached hydrogen (secondary N) is 1. The van der Waals surface area contributed by atoms with Gasteiger partial charge in [0, 0.05) is 25.8 Å². The minimum absolute atomic E-state index is 0.127. The first-order chi connectivity index (χ1) is 9.22. The summed E-state index contributed by atoms with van der Waals surface area (Å²) in [5.74, 6) is 0.493. The Hall–Kier alpha value is -1.66. The molecule has 1 aliphatic heterocycles. The first kappa shape index (κ1) is 13.8. The van der Waals surface area contributed by atoms with Crippen molar-refractivity contribution in [2.24, 2.45) is 0 Å². The molecule has 2 rings (SSSR count). The van der Waals surface area contributed by atoms with Crippen molar-refractivity contribution in [2.45, 2.75) is 13.3 Å². The minimum Gasteiger partial charge on any atom is -0.465 e. The second kappa shape index (κ2) is 6.49. The fourth-order valence-corrected chi connectivity index (χ4v) is 2.04. The predicted molar refractivity (Wildman–Crippen MR) is 75.2 cm³/mol. The van der Waals surface area contributed by atoms with Crippen molar-refractivity contribution >= 4 is 29.3 Å². The summed E-state index contributed by atoms with van der Waals surface area (Å²) in [5, 5.41) is 3.33. The zero-order valence-electron chi connectivity index (χ0n) is 10.7. The van der Waals surface area contributed by atoms with Crippen LogP contribution in [0.15, 0.2) is 28.5 Å². The number of rotatable bonds is 6. The van der Waals surface area contributed by atoms with Gasteiger partial charge in [0.05, 0.1) is 6.26 Å². The summed E-state index contributed by atoms with van der Waals surface area (Å²) in [7, 11) is 0. The zero-order valence-corrected chi connectivity index (χ0v) is 11.5. The molecule has 0 bridgehead atoms. The van der Waals surface area contributed by atoms with Crippen molar-refractivity contribution in [1.29, 1.82) is 0 Å². The molecular formula is C13H16N2O3S. The van der Waals surface area contributed by atoms with Crippen molar-refractivity contribution < 1.29 is 13.9 Å². The van der Waals surface area contributed by atoms with E-state index in [9.17, 15) is 4.79 Å². The molecule has 5 nitrogen and oxygen atoms in total. The van der Waals surface area contributed by atoms with Gasteiger partial charge in [-0.1, -0.05) is 0 Å². The summed E-state index contributed by atoms with van der Waals surface area (Å²) in [4.78, 5) is 13.7. The van der Waals surface area contributed by atoms with Gasteiger partial charge in [-0.3, -0.25) is 9.69 Å². The Kier molecular flexibility index (Phi) is 4.70. The molecule has 1 saturated heterocycles. The van der Waals surface area contributed by atoms with E-state index in [-0.39, 0.29) is 5.91 Å². The summed E-state index contributed by atoms with van der Waals surface area (Å²) >= 11 is 5.15. The van der Waals surface area contributed by atoms with Gasteiger partial charge in [0.15, 0.2) is 5.11 Å². The van der Waals surface area contributed by atoms with Crippen LogP contribution in [0.2, 0.25) is 0 Å². The predicted octanol–water partition coefficient (Wildman–Crippen LogP) is 1.76. The van der Waals surface area contributed by atoms with Gasteiger partial charge in [0.2, 0.25) is 0 Å². The Morgan fingerprint density at radius 3 is 3.11 bits per heavy atom. The van der Waals surface area contributed by atoms with Crippen molar-refractivity contribution in [3.8, 4) is 0 Å². The molecule has 0 saturated carbocycles. The Bertz CT molecular complexity index is 482. The van der Waals surface area contributed by atoms with Crippen molar-refractivity contribution in [1.82, 2.24) is 10.2 Å². The monoisotopic (exact) mass is 280 g/mol. The van der Waals surface area contributed by atoms with E-state index in [2.05, 4.69) is 5.32 Å². The van der Waals surface area contributed by atoms with Crippen LogP contribution in [-0.4, -0.2) is 35.7 Å². The smallest absolute Gasteiger partial charge is 0.276 e. The molecule has 1 fully saturated rings. The maximum absolute atomic E-state index is 12.1. The van der Waals surface area contributed by atoms with Crippen LogP contribution >= 0.6 is 12.2 Å². The Labute approximate surface area is 117 Å². The molecule has 1 aromatic heterocycles. The lowest BCUT2D eigenvalue weighted by Crippen LogP contribution is -2.32. The lowest BCUT2D eigenvalue weighted by Gasteiger charge is -2.13. The molecule has 19 heavy (non-hydrogen) atoms. The fourth-order valence-electron chi connectivity index (χ4n) is 1.76. The van der Waals surface area contributed by atoms with E-state index in [1.807, 2.05) is 6.92 Å². The fraction of sp³-hybridized carbons (Fsp3) is 0.385. The van der Waals surface area contributed by atoms with Crippen LogP contribution in [0.25, 0.3) is 6.08 Å². The van der Waals surface area contributed by atoms with E-state index >= 15 is 0 Å². The molecule has 0 aromatic carbocycles. The highest BCUT2D eigenvalue weighted by Crippen LogP contribution is 2.14. The van der Waals surface area contributed by atoms with Gasteiger partial charge in [-0.15, -0.1) is 0 Å². The molecule has 1 amide bonds. The SMILES string of the molecule is CCOCCCN1C(=O)/C(=C/c2ccco2)NC1=S. The Morgan fingerprint density at radius 1 is 1.58 bits per heavy atom. The maximum atomic E-state index is 12.1. The Balaban J connectivity index is 1.96. The van der Waals surface area contributed by atoms with Gasteiger partial charge in [0.1, 0.15) is 11.5 Å². The van der Waals surface area contributed by atoms with E-state index in [1.165, 1.54) is 0 Å². The molecule has 1 aromatic rings. The zero-order chi connectivity index (χ0) is 13.7. The number of carbonyl (C=O) groups excluding carboxylic acids is 1. The maximum Gasteiger partial charge on any atom is 0.276 e. The molecular weight excluding hydrogens is 264 g/mol. The van der Waals surface area contributed by atoms with Crippen molar-refractivity contribution in [2.75, 3.05) is 19.8 Å². The standard InChI is InChI=1S/C13H16N2O3S/c1-2-17-7-4-6-15-12(16)11(14-13(15)19)9-10-5-3-8-18-10/h3,5,8-9H,2,4,6-7H2,1H3,(H,14,19)/b11-9-. The topological polar surface area (TPSA) is 54.7 Å². The quantitative estimate of drug-likeness (QED) is 0.489. The van der Waals surface area contributed by atoms with Gasteiger partial charge < -0.3 is 14.5 Å². The molecule has 0 atom stereocenters.